The zero-order chi connectivity index (χ0) is 17.1. The lowest BCUT2D eigenvalue weighted by Gasteiger charge is -2.05. The van der Waals surface area contributed by atoms with Crippen LogP contribution in [0, 0.1) is 12.7 Å². The second kappa shape index (κ2) is 6.92. The lowest BCUT2D eigenvalue weighted by Crippen LogP contribution is -2.22. The quantitative estimate of drug-likeness (QED) is 0.743. The Morgan fingerprint density at radius 2 is 2.00 bits per heavy atom. The zero-order valence-electron chi connectivity index (χ0n) is 13.4. The van der Waals surface area contributed by atoms with E-state index in [4.69, 9.17) is 0 Å². The Balaban J connectivity index is 1.83. The maximum absolute atomic E-state index is 12.9. The number of anilines is 1. The van der Waals surface area contributed by atoms with Gasteiger partial charge >= 0.3 is 0 Å². The monoisotopic (exact) mass is 344 g/mol. The van der Waals surface area contributed by atoms with Crippen LogP contribution in [0.25, 0.3) is 10.2 Å². The van der Waals surface area contributed by atoms with Crippen molar-refractivity contribution < 1.29 is 9.18 Å². The van der Waals surface area contributed by atoms with E-state index in [9.17, 15) is 9.18 Å². The Bertz CT molecular complexity index is 876. The fraction of sp³-hybridized carbons (Fsp3) is 0.235. The van der Waals surface area contributed by atoms with E-state index in [0.29, 0.717) is 11.4 Å². The molecule has 0 fully saturated rings. The van der Waals surface area contributed by atoms with Gasteiger partial charge in [0, 0.05) is 13.1 Å². The predicted molar refractivity (Wildman–Crippen MR) is 93.9 cm³/mol. The highest BCUT2D eigenvalue weighted by atomic mass is 32.1. The summed E-state index contributed by atoms with van der Waals surface area (Å²) in [7, 11) is 0. The third kappa shape index (κ3) is 3.21. The molecule has 24 heavy (non-hydrogen) atoms. The van der Waals surface area contributed by atoms with Crippen molar-refractivity contribution >= 4 is 33.3 Å². The second-order valence-corrected chi connectivity index (χ2v) is 6.30. The van der Waals surface area contributed by atoms with Crippen LogP contribution >= 0.6 is 11.3 Å². The molecule has 0 atom stereocenters. The van der Waals surface area contributed by atoms with E-state index < -0.39 is 0 Å². The molecule has 2 heterocycles. The lowest BCUT2D eigenvalue weighted by molar-refractivity contribution is 0.0954. The van der Waals surface area contributed by atoms with Crippen molar-refractivity contribution in [3.8, 4) is 0 Å². The molecule has 0 spiro atoms. The number of amides is 1. The van der Waals surface area contributed by atoms with Crippen LogP contribution in [-0.2, 0) is 6.54 Å². The average Bonchev–Trinajstić information content (AvgIpc) is 2.92. The summed E-state index contributed by atoms with van der Waals surface area (Å²) in [5.74, 6) is 0.288. The number of halogens is 1. The van der Waals surface area contributed by atoms with Gasteiger partial charge in [-0.2, -0.15) is 0 Å². The molecule has 124 valence electrons. The summed E-state index contributed by atoms with van der Waals surface area (Å²) in [4.78, 5) is 22.4. The van der Waals surface area contributed by atoms with Crippen LogP contribution in [-0.4, -0.2) is 22.4 Å². The van der Waals surface area contributed by atoms with Gasteiger partial charge < -0.3 is 10.6 Å². The van der Waals surface area contributed by atoms with E-state index in [0.717, 1.165) is 33.7 Å². The van der Waals surface area contributed by atoms with Crippen molar-refractivity contribution in [2.75, 3.05) is 11.9 Å². The number of hydrogen-bond donors (Lipinski definition) is 2. The van der Waals surface area contributed by atoms with Crippen molar-refractivity contribution in [3.63, 3.8) is 0 Å². The smallest absolute Gasteiger partial charge is 0.261 e. The molecular weight excluding hydrogens is 327 g/mol. The number of benzene rings is 1. The number of aromatic nitrogens is 2. The van der Waals surface area contributed by atoms with E-state index in [1.54, 1.807) is 12.1 Å². The zero-order valence-corrected chi connectivity index (χ0v) is 14.2. The number of carbonyl (C=O) groups excluding carboxylic acids is 1. The summed E-state index contributed by atoms with van der Waals surface area (Å²) in [6.07, 6.45) is 1.50. The second-order valence-electron chi connectivity index (χ2n) is 5.30. The average molecular weight is 344 g/mol. The summed E-state index contributed by atoms with van der Waals surface area (Å²) >= 11 is 1.35. The molecule has 0 aliphatic rings. The van der Waals surface area contributed by atoms with E-state index in [2.05, 4.69) is 20.6 Å². The van der Waals surface area contributed by atoms with Crippen molar-refractivity contribution in [3.05, 3.63) is 52.4 Å². The molecule has 7 heteroatoms. The first-order valence-corrected chi connectivity index (χ1v) is 8.42. The standard InChI is InChI=1S/C17H17FN4OS/c1-3-19-15-13-10(2)14(24-17(13)22-9-21-15)16(23)20-8-11-4-6-12(18)7-5-11/h4-7,9H,3,8H2,1-2H3,(H,20,23)(H,19,21,22). The summed E-state index contributed by atoms with van der Waals surface area (Å²) < 4.78 is 12.9. The van der Waals surface area contributed by atoms with Crippen molar-refractivity contribution in [1.29, 1.82) is 0 Å². The van der Waals surface area contributed by atoms with Gasteiger partial charge in [0.15, 0.2) is 0 Å². The molecule has 2 N–H and O–H groups in total. The largest absolute Gasteiger partial charge is 0.370 e. The van der Waals surface area contributed by atoms with Crippen molar-refractivity contribution in [1.82, 2.24) is 15.3 Å². The molecule has 0 saturated carbocycles. The van der Waals surface area contributed by atoms with Gasteiger partial charge in [0.25, 0.3) is 5.91 Å². The van der Waals surface area contributed by atoms with E-state index in [1.165, 1.54) is 29.8 Å². The van der Waals surface area contributed by atoms with Gasteiger partial charge in [-0.3, -0.25) is 4.79 Å². The Morgan fingerprint density at radius 3 is 2.71 bits per heavy atom. The first kappa shape index (κ1) is 16.3. The minimum atomic E-state index is -0.292. The van der Waals surface area contributed by atoms with Crippen LogP contribution in [0.1, 0.15) is 27.7 Å². The van der Waals surface area contributed by atoms with Crippen molar-refractivity contribution in [2.24, 2.45) is 0 Å². The van der Waals surface area contributed by atoms with Crippen LogP contribution in [0.3, 0.4) is 0 Å². The number of rotatable bonds is 5. The minimum absolute atomic E-state index is 0.165. The van der Waals surface area contributed by atoms with Crippen LogP contribution in [0.2, 0.25) is 0 Å². The molecule has 1 amide bonds. The van der Waals surface area contributed by atoms with E-state index in [1.807, 2.05) is 13.8 Å². The summed E-state index contributed by atoms with van der Waals surface area (Å²) in [6.45, 7) is 4.98. The van der Waals surface area contributed by atoms with Gasteiger partial charge in [0.1, 0.15) is 22.8 Å². The molecule has 3 rings (SSSR count). The number of nitrogens with one attached hydrogen (secondary N) is 2. The van der Waals surface area contributed by atoms with Crippen LogP contribution in [0.15, 0.2) is 30.6 Å². The first-order valence-electron chi connectivity index (χ1n) is 7.60. The van der Waals surface area contributed by atoms with E-state index in [-0.39, 0.29) is 11.7 Å². The number of fused-ring (bicyclic) bond motifs is 1. The van der Waals surface area contributed by atoms with Crippen LogP contribution in [0.5, 0.6) is 0 Å². The third-order valence-corrected chi connectivity index (χ3v) is 4.84. The van der Waals surface area contributed by atoms with Crippen molar-refractivity contribution in [2.45, 2.75) is 20.4 Å². The predicted octanol–water partition coefficient (Wildman–Crippen LogP) is 3.50. The number of thiophene rings is 1. The topological polar surface area (TPSA) is 66.9 Å². The van der Waals surface area contributed by atoms with Crippen LogP contribution < -0.4 is 10.6 Å². The fourth-order valence-corrected chi connectivity index (χ4v) is 3.52. The maximum atomic E-state index is 12.9. The first-order chi connectivity index (χ1) is 11.6. The van der Waals surface area contributed by atoms with Gasteiger partial charge in [-0.1, -0.05) is 12.1 Å². The molecule has 0 bridgehead atoms. The highest BCUT2D eigenvalue weighted by molar-refractivity contribution is 7.20. The van der Waals surface area contributed by atoms with Gasteiger partial charge in [-0.05, 0) is 37.1 Å². The van der Waals surface area contributed by atoms with Gasteiger partial charge in [-0.15, -0.1) is 11.3 Å². The molecule has 0 radical (unpaired) electrons. The maximum Gasteiger partial charge on any atom is 0.261 e. The molecule has 0 unspecified atom stereocenters. The molecule has 1 aromatic carbocycles. The number of nitrogens with zero attached hydrogens (tertiary/aromatic N) is 2. The molecular formula is C17H17FN4OS. The third-order valence-electron chi connectivity index (χ3n) is 3.64. The summed E-state index contributed by atoms with van der Waals surface area (Å²) in [5.41, 5.74) is 1.71. The van der Waals surface area contributed by atoms with Crippen LogP contribution in [0.4, 0.5) is 10.2 Å². The molecule has 3 aromatic rings. The number of carbonyl (C=O) groups is 1. The highest BCUT2D eigenvalue weighted by Gasteiger charge is 2.18. The Labute approximate surface area is 143 Å². The molecule has 0 aliphatic carbocycles. The number of aryl methyl sites for hydroxylation is 1. The molecule has 5 nitrogen and oxygen atoms in total. The van der Waals surface area contributed by atoms with Gasteiger partial charge in [0.2, 0.25) is 0 Å². The summed E-state index contributed by atoms with van der Waals surface area (Å²) in [6, 6.07) is 6.07. The van der Waals surface area contributed by atoms with Gasteiger partial charge in [-0.25, -0.2) is 14.4 Å². The number of hydrogen-bond acceptors (Lipinski definition) is 5. The van der Waals surface area contributed by atoms with Gasteiger partial charge in [0.05, 0.1) is 10.3 Å². The Morgan fingerprint density at radius 1 is 1.25 bits per heavy atom. The SMILES string of the molecule is CCNc1ncnc2sc(C(=O)NCc3ccc(F)cc3)c(C)c12. The lowest BCUT2D eigenvalue weighted by atomic mass is 10.2. The Hall–Kier alpha value is -2.54. The highest BCUT2D eigenvalue weighted by Crippen LogP contribution is 2.33. The minimum Gasteiger partial charge on any atom is -0.370 e. The molecule has 0 aliphatic heterocycles. The fourth-order valence-electron chi connectivity index (χ4n) is 2.45. The summed E-state index contributed by atoms with van der Waals surface area (Å²) in [5, 5.41) is 6.95. The molecule has 0 saturated heterocycles. The van der Waals surface area contributed by atoms with E-state index >= 15 is 0 Å². The Kier molecular flexibility index (Phi) is 4.71. The molecule has 2 aromatic heterocycles. The normalized spacial score (nSPS) is 10.8.